The number of nitrogens with one attached hydrogen (secondary N) is 1. The van der Waals surface area contributed by atoms with Crippen LogP contribution in [0.25, 0.3) is 16.6 Å². The highest BCUT2D eigenvalue weighted by atomic mass is 16.5. The average molecular weight is 399 g/mol. The first-order chi connectivity index (χ1) is 14.5. The summed E-state index contributed by atoms with van der Waals surface area (Å²) < 4.78 is 6.76. The van der Waals surface area contributed by atoms with Gasteiger partial charge in [-0.05, 0) is 61.0 Å². The van der Waals surface area contributed by atoms with Gasteiger partial charge < -0.3 is 10.1 Å². The van der Waals surface area contributed by atoms with Crippen molar-refractivity contribution in [2.45, 2.75) is 13.3 Å². The molecule has 0 atom stereocenters. The second-order valence-corrected chi connectivity index (χ2v) is 6.94. The van der Waals surface area contributed by atoms with Crippen LogP contribution in [-0.2, 0) is 11.2 Å². The molecule has 0 fully saturated rings. The van der Waals surface area contributed by atoms with Crippen LogP contribution in [-0.4, -0.2) is 22.6 Å². The normalized spacial score (nSPS) is 10.7. The van der Waals surface area contributed by atoms with Gasteiger partial charge in [-0.1, -0.05) is 24.3 Å². The van der Waals surface area contributed by atoms with Crippen LogP contribution in [0.2, 0.25) is 0 Å². The van der Waals surface area contributed by atoms with Crippen LogP contribution in [0.4, 0.5) is 5.69 Å². The first kappa shape index (κ1) is 19.4. The molecule has 0 aliphatic carbocycles. The van der Waals surface area contributed by atoms with Crippen LogP contribution in [0, 0.1) is 6.92 Å². The highest BCUT2D eigenvalue weighted by Gasteiger charge is 2.10. The van der Waals surface area contributed by atoms with Crippen LogP contribution in [0.15, 0.2) is 77.6 Å². The summed E-state index contributed by atoms with van der Waals surface area (Å²) in [6.45, 7) is 1.80. The Balaban J connectivity index is 1.54. The van der Waals surface area contributed by atoms with Gasteiger partial charge >= 0.3 is 0 Å². The molecular formula is C24H21N3O3. The second-order valence-electron chi connectivity index (χ2n) is 6.94. The Morgan fingerprint density at radius 3 is 2.57 bits per heavy atom. The van der Waals surface area contributed by atoms with E-state index >= 15 is 0 Å². The van der Waals surface area contributed by atoms with Crippen LogP contribution in [0.1, 0.15) is 11.4 Å². The lowest BCUT2D eigenvalue weighted by atomic mass is 10.1. The smallest absolute Gasteiger partial charge is 0.265 e. The summed E-state index contributed by atoms with van der Waals surface area (Å²) in [5.41, 5.74) is 2.78. The number of carbonyl (C=O) groups is 1. The minimum absolute atomic E-state index is 0.118. The summed E-state index contributed by atoms with van der Waals surface area (Å²) in [6, 6.07) is 21.9. The Kier molecular flexibility index (Phi) is 5.30. The lowest BCUT2D eigenvalue weighted by Crippen LogP contribution is -2.22. The summed E-state index contributed by atoms with van der Waals surface area (Å²) in [5, 5.41) is 3.45. The number of hydrogen-bond donors (Lipinski definition) is 1. The van der Waals surface area contributed by atoms with E-state index in [1.807, 2.05) is 42.5 Å². The molecule has 1 N–H and O–H groups in total. The van der Waals surface area contributed by atoms with E-state index in [1.165, 1.54) is 0 Å². The zero-order chi connectivity index (χ0) is 21.1. The molecule has 150 valence electrons. The first-order valence-electron chi connectivity index (χ1n) is 9.57. The Hall–Kier alpha value is -3.93. The highest BCUT2D eigenvalue weighted by molar-refractivity contribution is 5.92. The van der Waals surface area contributed by atoms with E-state index in [2.05, 4.69) is 10.3 Å². The molecule has 1 amide bonds. The molecule has 0 spiro atoms. The molecule has 6 heteroatoms. The molecule has 3 aromatic carbocycles. The zero-order valence-corrected chi connectivity index (χ0v) is 16.8. The van der Waals surface area contributed by atoms with E-state index in [1.54, 1.807) is 48.9 Å². The number of methoxy groups -OCH3 is 1. The van der Waals surface area contributed by atoms with Gasteiger partial charge in [0.2, 0.25) is 5.91 Å². The molecule has 0 saturated carbocycles. The number of ether oxygens (including phenoxy) is 1. The van der Waals surface area contributed by atoms with Gasteiger partial charge in [0, 0.05) is 5.69 Å². The Bertz CT molecular complexity index is 1280. The molecule has 1 heterocycles. The number of carbonyl (C=O) groups excluding carboxylic acids is 1. The van der Waals surface area contributed by atoms with Crippen molar-refractivity contribution in [2.75, 3.05) is 12.4 Å². The van der Waals surface area contributed by atoms with Gasteiger partial charge in [0.1, 0.15) is 11.6 Å². The number of fused-ring (bicyclic) bond motifs is 1. The number of aromatic nitrogens is 2. The van der Waals surface area contributed by atoms with E-state index in [0.717, 1.165) is 11.3 Å². The SMILES string of the molecule is COc1cccc(CC(=O)Nc2ccc(-n3c(C)nc4ccccc4c3=O)cc2)c1. The Morgan fingerprint density at radius 2 is 1.80 bits per heavy atom. The predicted octanol–water partition coefficient (Wildman–Crippen LogP) is 3.88. The fourth-order valence-corrected chi connectivity index (χ4v) is 3.41. The van der Waals surface area contributed by atoms with Gasteiger partial charge in [-0.15, -0.1) is 0 Å². The number of amides is 1. The maximum atomic E-state index is 12.9. The third-order valence-electron chi connectivity index (χ3n) is 4.85. The van der Waals surface area contributed by atoms with Gasteiger partial charge in [-0.3, -0.25) is 14.2 Å². The topological polar surface area (TPSA) is 73.2 Å². The van der Waals surface area contributed by atoms with E-state index < -0.39 is 0 Å². The molecule has 4 rings (SSSR count). The predicted molar refractivity (Wildman–Crippen MR) is 117 cm³/mol. The molecule has 4 aromatic rings. The van der Waals surface area contributed by atoms with Crippen LogP contribution >= 0.6 is 0 Å². The standard InChI is InChI=1S/C24H21N3O3/c1-16-25-22-9-4-3-8-21(22)24(29)27(16)19-12-10-18(11-13-19)26-23(28)15-17-6-5-7-20(14-17)30-2/h3-14H,15H2,1-2H3,(H,26,28). The molecule has 0 radical (unpaired) electrons. The number of benzene rings is 3. The highest BCUT2D eigenvalue weighted by Crippen LogP contribution is 2.17. The van der Waals surface area contributed by atoms with Gasteiger partial charge in [-0.2, -0.15) is 0 Å². The third kappa shape index (κ3) is 3.93. The summed E-state index contributed by atoms with van der Waals surface area (Å²) in [4.78, 5) is 29.8. The minimum atomic E-state index is -0.128. The largest absolute Gasteiger partial charge is 0.497 e. The van der Waals surface area contributed by atoms with Crippen LogP contribution in [0.3, 0.4) is 0 Å². The summed E-state index contributed by atoms with van der Waals surface area (Å²) >= 11 is 0. The van der Waals surface area contributed by atoms with Crippen molar-refractivity contribution in [1.82, 2.24) is 9.55 Å². The third-order valence-corrected chi connectivity index (χ3v) is 4.85. The number of para-hydroxylation sites is 1. The summed E-state index contributed by atoms with van der Waals surface area (Å²) in [5.74, 6) is 1.19. The van der Waals surface area contributed by atoms with Gasteiger partial charge in [-0.25, -0.2) is 4.98 Å². The molecule has 6 nitrogen and oxygen atoms in total. The molecule has 0 bridgehead atoms. The lowest BCUT2D eigenvalue weighted by Gasteiger charge is -2.12. The monoisotopic (exact) mass is 399 g/mol. The second kappa shape index (κ2) is 8.21. The fourth-order valence-electron chi connectivity index (χ4n) is 3.41. The molecule has 0 unspecified atom stereocenters. The minimum Gasteiger partial charge on any atom is -0.497 e. The maximum absolute atomic E-state index is 12.9. The number of aryl methyl sites for hydroxylation is 1. The Labute approximate surface area is 173 Å². The van der Waals surface area contributed by atoms with Crippen LogP contribution in [0.5, 0.6) is 5.75 Å². The van der Waals surface area contributed by atoms with Gasteiger partial charge in [0.05, 0.1) is 30.1 Å². The molecule has 0 aliphatic heterocycles. The Morgan fingerprint density at radius 1 is 1.03 bits per heavy atom. The van der Waals surface area contributed by atoms with Gasteiger partial charge in [0.25, 0.3) is 5.56 Å². The zero-order valence-electron chi connectivity index (χ0n) is 16.8. The summed E-state index contributed by atoms with van der Waals surface area (Å²) in [7, 11) is 1.60. The number of hydrogen-bond acceptors (Lipinski definition) is 4. The average Bonchev–Trinajstić information content (AvgIpc) is 2.75. The quantitative estimate of drug-likeness (QED) is 0.553. The fraction of sp³-hybridized carbons (Fsp3) is 0.125. The van der Waals surface area contributed by atoms with Crippen molar-refractivity contribution < 1.29 is 9.53 Å². The van der Waals surface area contributed by atoms with E-state index in [-0.39, 0.29) is 17.9 Å². The van der Waals surface area contributed by atoms with E-state index in [0.29, 0.717) is 28.1 Å². The van der Waals surface area contributed by atoms with Crippen molar-refractivity contribution in [3.63, 3.8) is 0 Å². The van der Waals surface area contributed by atoms with Gasteiger partial charge in [0.15, 0.2) is 0 Å². The number of rotatable bonds is 5. The van der Waals surface area contributed by atoms with E-state index in [4.69, 9.17) is 4.74 Å². The molecule has 0 aliphatic rings. The van der Waals surface area contributed by atoms with Crippen molar-refractivity contribution >= 4 is 22.5 Å². The maximum Gasteiger partial charge on any atom is 0.265 e. The summed E-state index contributed by atoms with van der Waals surface area (Å²) in [6.07, 6.45) is 0.242. The van der Waals surface area contributed by atoms with Crippen LogP contribution < -0.4 is 15.6 Å². The molecule has 0 saturated heterocycles. The van der Waals surface area contributed by atoms with Crippen molar-refractivity contribution in [1.29, 1.82) is 0 Å². The number of nitrogens with zero attached hydrogens (tertiary/aromatic N) is 2. The number of anilines is 1. The molecule has 1 aromatic heterocycles. The first-order valence-corrected chi connectivity index (χ1v) is 9.57. The van der Waals surface area contributed by atoms with Crippen molar-refractivity contribution in [3.8, 4) is 11.4 Å². The van der Waals surface area contributed by atoms with Crippen molar-refractivity contribution in [2.24, 2.45) is 0 Å². The molecular weight excluding hydrogens is 378 g/mol. The molecule has 30 heavy (non-hydrogen) atoms. The lowest BCUT2D eigenvalue weighted by molar-refractivity contribution is -0.115. The van der Waals surface area contributed by atoms with Crippen molar-refractivity contribution in [3.05, 3.63) is 94.5 Å². The van der Waals surface area contributed by atoms with E-state index in [9.17, 15) is 9.59 Å².